The molecule has 0 aromatic heterocycles. The molecule has 1 heteroatoms. The maximum atomic E-state index is 8.62. The van der Waals surface area contributed by atoms with Crippen molar-refractivity contribution in [3.63, 3.8) is 0 Å². The van der Waals surface area contributed by atoms with Gasteiger partial charge in [-0.15, -0.1) is 0 Å². The maximum absolute atomic E-state index is 8.62. The Labute approximate surface area is 102 Å². The second kappa shape index (κ2) is 9.04. The molecule has 0 aromatic rings. The van der Waals surface area contributed by atoms with Crippen LogP contribution in [0.4, 0.5) is 0 Å². The molecule has 2 rings (SSSR count). The molecule has 0 amide bonds. The van der Waals surface area contributed by atoms with Gasteiger partial charge in [0.1, 0.15) is 0 Å². The van der Waals surface area contributed by atoms with Gasteiger partial charge in [-0.2, -0.15) is 0 Å². The molecule has 16 heavy (non-hydrogen) atoms. The fourth-order valence-corrected chi connectivity index (χ4v) is 2.97. The highest BCUT2D eigenvalue weighted by Crippen LogP contribution is 2.25. The van der Waals surface area contributed by atoms with Gasteiger partial charge in [0.2, 0.25) is 0 Å². The van der Waals surface area contributed by atoms with Gasteiger partial charge in [0.05, 0.1) is 0 Å². The van der Waals surface area contributed by atoms with E-state index in [1.54, 1.807) is 0 Å². The summed E-state index contributed by atoms with van der Waals surface area (Å²) in [6, 6.07) is 0. The Hall–Kier alpha value is -0.0400. The molecule has 0 bridgehead atoms. The largest absolute Gasteiger partial charge is 0.396 e. The summed E-state index contributed by atoms with van der Waals surface area (Å²) in [6.07, 6.45) is 15.4. The van der Waals surface area contributed by atoms with E-state index in [2.05, 4.69) is 6.92 Å². The van der Waals surface area contributed by atoms with Crippen LogP contribution in [-0.4, -0.2) is 11.7 Å². The van der Waals surface area contributed by atoms with Gasteiger partial charge in [-0.3, -0.25) is 0 Å². The highest BCUT2D eigenvalue weighted by molar-refractivity contribution is 4.64. The molecule has 0 heterocycles. The second-order valence-electron chi connectivity index (χ2n) is 5.76. The van der Waals surface area contributed by atoms with Crippen LogP contribution in [0.5, 0.6) is 0 Å². The van der Waals surface area contributed by atoms with Gasteiger partial charge in [-0.05, 0) is 18.3 Å². The third-order valence-electron chi connectivity index (χ3n) is 4.16. The van der Waals surface area contributed by atoms with Crippen LogP contribution < -0.4 is 0 Å². The summed E-state index contributed by atoms with van der Waals surface area (Å²) in [5, 5.41) is 8.62. The zero-order valence-electron chi connectivity index (χ0n) is 11.1. The summed E-state index contributed by atoms with van der Waals surface area (Å²) in [6.45, 7) is 2.75. The van der Waals surface area contributed by atoms with Gasteiger partial charge in [0, 0.05) is 6.61 Å². The molecule has 0 radical (unpaired) electrons. The molecule has 0 aromatic carbocycles. The summed E-state index contributed by atoms with van der Waals surface area (Å²) >= 11 is 0. The van der Waals surface area contributed by atoms with Crippen LogP contribution in [0, 0.1) is 11.8 Å². The average molecular weight is 226 g/mol. The van der Waals surface area contributed by atoms with Crippen molar-refractivity contribution in [2.24, 2.45) is 11.8 Å². The first-order valence-electron chi connectivity index (χ1n) is 7.43. The van der Waals surface area contributed by atoms with E-state index in [4.69, 9.17) is 5.11 Å². The van der Waals surface area contributed by atoms with Crippen LogP contribution >= 0.6 is 0 Å². The summed E-state index contributed by atoms with van der Waals surface area (Å²) in [7, 11) is 0. The van der Waals surface area contributed by atoms with E-state index in [-0.39, 0.29) is 0 Å². The lowest BCUT2D eigenvalue weighted by Crippen LogP contribution is -2.07. The summed E-state index contributed by atoms with van der Waals surface area (Å²) in [5.41, 5.74) is 0. The Balaban J connectivity index is 0.000000165. The molecule has 0 aliphatic heterocycles. The van der Waals surface area contributed by atoms with Crippen molar-refractivity contribution in [2.45, 2.75) is 77.6 Å². The van der Waals surface area contributed by atoms with Crippen molar-refractivity contribution in [3.8, 4) is 0 Å². The summed E-state index contributed by atoms with van der Waals surface area (Å²) < 4.78 is 0. The molecule has 2 aliphatic carbocycles. The first-order valence-corrected chi connectivity index (χ1v) is 7.43. The molecule has 0 unspecified atom stereocenters. The molecule has 2 aliphatic rings. The molecular formula is C15H30O. The van der Waals surface area contributed by atoms with Gasteiger partial charge in [0.25, 0.3) is 0 Å². The lowest BCUT2D eigenvalue weighted by Gasteiger charge is -2.19. The molecule has 1 N–H and O–H groups in total. The van der Waals surface area contributed by atoms with Crippen LogP contribution in [0.1, 0.15) is 77.6 Å². The molecule has 2 fully saturated rings. The molecule has 0 saturated heterocycles. The number of aliphatic hydroxyl groups is 1. The zero-order chi connectivity index (χ0) is 11.6. The second-order valence-corrected chi connectivity index (χ2v) is 5.76. The topological polar surface area (TPSA) is 20.2 Å². The zero-order valence-corrected chi connectivity index (χ0v) is 11.1. The van der Waals surface area contributed by atoms with Crippen LogP contribution in [0.3, 0.4) is 0 Å². The Morgan fingerprint density at radius 1 is 0.812 bits per heavy atom. The van der Waals surface area contributed by atoms with Crippen molar-refractivity contribution in [1.29, 1.82) is 0 Å². The lowest BCUT2D eigenvalue weighted by atomic mass is 9.87. The van der Waals surface area contributed by atoms with E-state index in [1.807, 2.05) is 0 Å². The average Bonchev–Trinajstić information content (AvgIpc) is 2.33. The monoisotopic (exact) mass is 226 g/mol. The van der Waals surface area contributed by atoms with Crippen molar-refractivity contribution in [3.05, 3.63) is 0 Å². The predicted octanol–water partition coefficient (Wildman–Crippen LogP) is 4.54. The van der Waals surface area contributed by atoms with Gasteiger partial charge in [-0.25, -0.2) is 0 Å². The van der Waals surface area contributed by atoms with Gasteiger partial charge < -0.3 is 5.11 Å². The minimum Gasteiger partial charge on any atom is -0.396 e. The van der Waals surface area contributed by atoms with E-state index in [1.165, 1.54) is 64.2 Å². The minimum atomic E-state index is 0.394. The van der Waals surface area contributed by atoms with Crippen molar-refractivity contribution in [1.82, 2.24) is 0 Å². The summed E-state index contributed by atoms with van der Waals surface area (Å²) in [5.74, 6) is 1.89. The lowest BCUT2D eigenvalue weighted by molar-refractivity contribution is 0.230. The van der Waals surface area contributed by atoms with Crippen LogP contribution in [-0.2, 0) is 0 Å². The van der Waals surface area contributed by atoms with Crippen LogP contribution in [0.2, 0.25) is 0 Å². The van der Waals surface area contributed by atoms with Gasteiger partial charge in [-0.1, -0.05) is 71.1 Å². The van der Waals surface area contributed by atoms with E-state index in [0.29, 0.717) is 6.61 Å². The van der Waals surface area contributed by atoms with Crippen LogP contribution in [0.25, 0.3) is 0 Å². The third-order valence-corrected chi connectivity index (χ3v) is 4.16. The number of rotatable bonds is 2. The fourth-order valence-electron chi connectivity index (χ4n) is 2.97. The summed E-state index contributed by atoms with van der Waals surface area (Å²) in [4.78, 5) is 0. The Kier molecular flexibility index (Phi) is 7.92. The Morgan fingerprint density at radius 3 is 1.69 bits per heavy atom. The quantitative estimate of drug-likeness (QED) is 0.733. The SMILES string of the molecule is CC1CCCCC1.OCCC1CCCCC1. The highest BCUT2D eigenvalue weighted by atomic mass is 16.3. The maximum Gasteiger partial charge on any atom is 0.0433 e. The number of aliphatic hydroxyl groups excluding tert-OH is 1. The first kappa shape index (κ1) is 14.0. The highest BCUT2D eigenvalue weighted by Gasteiger charge is 2.11. The van der Waals surface area contributed by atoms with E-state index in [0.717, 1.165) is 18.3 Å². The minimum absolute atomic E-state index is 0.394. The normalized spacial score (nSPS) is 23.6. The Morgan fingerprint density at radius 2 is 1.31 bits per heavy atom. The van der Waals surface area contributed by atoms with E-state index >= 15 is 0 Å². The van der Waals surface area contributed by atoms with E-state index in [9.17, 15) is 0 Å². The predicted molar refractivity (Wildman–Crippen MR) is 70.5 cm³/mol. The van der Waals surface area contributed by atoms with Gasteiger partial charge in [0.15, 0.2) is 0 Å². The molecule has 0 spiro atoms. The van der Waals surface area contributed by atoms with Crippen molar-refractivity contribution >= 4 is 0 Å². The standard InChI is InChI=1S/C8H16O.C7H14/c9-7-6-8-4-2-1-3-5-8;1-7-5-3-2-4-6-7/h8-9H,1-7H2;7H,2-6H2,1H3. The molecular weight excluding hydrogens is 196 g/mol. The molecule has 1 nitrogen and oxygen atoms in total. The number of hydrogen-bond donors (Lipinski definition) is 1. The Bertz CT molecular complexity index is 141. The number of hydrogen-bond acceptors (Lipinski definition) is 1. The molecule has 96 valence electrons. The molecule has 2 saturated carbocycles. The van der Waals surface area contributed by atoms with Crippen LogP contribution in [0.15, 0.2) is 0 Å². The molecule has 0 atom stereocenters. The fraction of sp³-hybridized carbons (Fsp3) is 1.00. The van der Waals surface area contributed by atoms with Gasteiger partial charge >= 0.3 is 0 Å². The third kappa shape index (κ3) is 6.52. The smallest absolute Gasteiger partial charge is 0.0433 e. The first-order chi connectivity index (χ1) is 7.83. The van der Waals surface area contributed by atoms with Crippen molar-refractivity contribution in [2.75, 3.05) is 6.61 Å². The van der Waals surface area contributed by atoms with E-state index < -0.39 is 0 Å². The van der Waals surface area contributed by atoms with Crippen molar-refractivity contribution < 1.29 is 5.11 Å².